The highest BCUT2D eigenvalue weighted by atomic mass is 16.6. The monoisotopic (exact) mass is 357 g/mol. The zero-order valence-electron chi connectivity index (χ0n) is 14.3. The summed E-state index contributed by atoms with van der Waals surface area (Å²) < 4.78 is 4.91. The number of carbonyl (C=O) groups excluding carboxylic acids is 2. The van der Waals surface area contributed by atoms with Crippen molar-refractivity contribution >= 4 is 17.6 Å². The van der Waals surface area contributed by atoms with Gasteiger partial charge in [0.05, 0.1) is 18.0 Å². The first-order valence-corrected chi connectivity index (χ1v) is 8.09. The van der Waals surface area contributed by atoms with E-state index >= 15 is 0 Å². The van der Waals surface area contributed by atoms with Crippen molar-refractivity contribution < 1.29 is 19.2 Å². The van der Waals surface area contributed by atoms with E-state index in [-0.39, 0.29) is 43.7 Å². The number of benzene rings is 1. The van der Waals surface area contributed by atoms with Gasteiger partial charge < -0.3 is 9.64 Å². The second kappa shape index (κ2) is 9.26. The van der Waals surface area contributed by atoms with Crippen molar-refractivity contribution in [2.45, 2.75) is 19.9 Å². The smallest absolute Gasteiger partial charge is 0.307 e. The highest BCUT2D eigenvalue weighted by Gasteiger charge is 2.19. The lowest BCUT2D eigenvalue weighted by Gasteiger charge is -2.22. The molecule has 8 heteroatoms. The van der Waals surface area contributed by atoms with Crippen molar-refractivity contribution in [3.05, 3.63) is 70.0 Å². The largest absolute Gasteiger partial charge is 0.466 e. The topological polar surface area (TPSA) is 103 Å². The van der Waals surface area contributed by atoms with Gasteiger partial charge in [0, 0.05) is 43.2 Å². The molecule has 0 N–H and O–H groups in total. The molecular weight excluding hydrogens is 338 g/mol. The molecule has 2 rings (SSSR count). The van der Waals surface area contributed by atoms with E-state index in [1.165, 1.54) is 29.2 Å². The quantitative estimate of drug-likeness (QED) is 0.409. The summed E-state index contributed by atoms with van der Waals surface area (Å²) in [6.45, 7) is 2.43. The summed E-state index contributed by atoms with van der Waals surface area (Å²) in [6, 6.07) is 8.95. The fourth-order valence-corrected chi connectivity index (χ4v) is 2.33. The van der Waals surface area contributed by atoms with Gasteiger partial charge in [-0.3, -0.25) is 24.7 Å². The van der Waals surface area contributed by atoms with Crippen molar-refractivity contribution in [2.24, 2.45) is 0 Å². The summed E-state index contributed by atoms with van der Waals surface area (Å²) in [7, 11) is 0. The number of rotatable bonds is 8. The standard InChI is InChI=1S/C18H19N3O5/c1-2-26-17(22)9-11-20(13-14-4-3-10-19-12-14)18(23)15-5-7-16(8-6-15)21(24)25/h3-8,10,12H,2,9,11,13H2,1H3. The van der Waals surface area contributed by atoms with E-state index in [9.17, 15) is 19.7 Å². The van der Waals surface area contributed by atoms with Crippen molar-refractivity contribution in [3.8, 4) is 0 Å². The summed E-state index contributed by atoms with van der Waals surface area (Å²) in [4.78, 5) is 40.2. The lowest BCUT2D eigenvalue weighted by atomic mass is 10.1. The highest BCUT2D eigenvalue weighted by Crippen LogP contribution is 2.15. The van der Waals surface area contributed by atoms with E-state index in [0.717, 1.165) is 5.56 Å². The van der Waals surface area contributed by atoms with Crippen LogP contribution in [0.3, 0.4) is 0 Å². The maximum absolute atomic E-state index is 12.8. The number of pyridine rings is 1. The molecule has 0 unspecified atom stereocenters. The van der Waals surface area contributed by atoms with Crippen LogP contribution in [0.15, 0.2) is 48.8 Å². The van der Waals surface area contributed by atoms with Crippen LogP contribution < -0.4 is 0 Å². The molecule has 2 aromatic rings. The van der Waals surface area contributed by atoms with E-state index in [4.69, 9.17) is 4.74 Å². The van der Waals surface area contributed by atoms with Crippen molar-refractivity contribution in [1.29, 1.82) is 0 Å². The molecule has 0 radical (unpaired) electrons. The Morgan fingerprint density at radius 2 is 1.96 bits per heavy atom. The number of nitro groups is 1. The second-order valence-electron chi connectivity index (χ2n) is 5.45. The first-order valence-electron chi connectivity index (χ1n) is 8.09. The van der Waals surface area contributed by atoms with Crippen LogP contribution >= 0.6 is 0 Å². The van der Waals surface area contributed by atoms with Crippen LogP contribution in [-0.2, 0) is 16.1 Å². The fraction of sp³-hybridized carbons (Fsp3) is 0.278. The predicted octanol–water partition coefficient (Wildman–Crippen LogP) is 2.59. The Kier molecular flexibility index (Phi) is 6.78. The van der Waals surface area contributed by atoms with E-state index in [1.807, 2.05) is 6.07 Å². The van der Waals surface area contributed by atoms with Gasteiger partial charge in [-0.25, -0.2) is 0 Å². The Hall–Kier alpha value is -3.29. The molecule has 0 fully saturated rings. The molecule has 26 heavy (non-hydrogen) atoms. The van der Waals surface area contributed by atoms with Crippen molar-refractivity contribution in [2.75, 3.05) is 13.2 Å². The van der Waals surface area contributed by atoms with E-state index in [1.54, 1.807) is 25.4 Å². The summed E-state index contributed by atoms with van der Waals surface area (Å²) in [5, 5.41) is 10.7. The third kappa shape index (κ3) is 5.37. The zero-order chi connectivity index (χ0) is 18.9. The third-order valence-electron chi connectivity index (χ3n) is 3.60. The summed E-state index contributed by atoms with van der Waals surface area (Å²) in [5.41, 5.74) is 1.03. The van der Waals surface area contributed by atoms with Gasteiger partial charge in [-0.05, 0) is 30.7 Å². The number of nitro benzene ring substituents is 1. The summed E-state index contributed by atoms with van der Waals surface area (Å²) in [6.07, 6.45) is 3.33. The third-order valence-corrected chi connectivity index (χ3v) is 3.60. The molecule has 1 amide bonds. The first-order chi connectivity index (χ1) is 12.5. The first kappa shape index (κ1) is 19.0. The lowest BCUT2D eigenvalue weighted by molar-refractivity contribution is -0.384. The Morgan fingerprint density at radius 1 is 1.23 bits per heavy atom. The van der Waals surface area contributed by atoms with Gasteiger partial charge in [0.2, 0.25) is 0 Å². The SMILES string of the molecule is CCOC(=O)CCN(Cc1cccnc1)C(=O)c1ccc([N+](=O)[O-])cc1. The highest BCUT2D eigenvalue weighted by molar-refractivity contribution is 5.94. The van der Waals surface area contributed by atoms with E-state index < -0.39 is 4.92 Å². The van der Waals surface area contributed by atoms with Crippen molar-refractivity contribution in [3.63, 3.8) is 0 Å². The van der Waals surface area contributed by atoms with Gasteiger partial charge in [0.1, 0.15) is 0 Å². The normalized spacial score (nSPS) is 10.2. The maximum Gasteiger partial charge on any atom is 0.307 e. The number of ether oxygens (including phenoxy) is 1. The molecule has 1 heterocycles. The average molecular weight is 357 g/mol. The van der Waals surface area contributed by atoms with Crippen molar-refractivity contribution in [1.82, 2.24) is 9.88 Å². The van der Waals surface area contributed by atoms with E-state index in [0.29, 0.717) is 5.56 Å². The second-order valence-corrected chi connectivity index (χ2v) is 5.45. The van der Waals surface area contributed by atoms with Gasteiger partial charge in [-0.1, -0.05) is 6.07 Å². The molecule has 0 saturated carbocycles. The van der Waals surface area contributed by atoms with Gasteiger partial charge in [0.25, 0.3) is 11.6 Å². The number of nitrogens with zero attached hydrogens (tertiary/aromatic N) is 3. The molecule has 1 aromatic heterocycles. The van der Waals surface area contributed by atoms with Gasteiger partial charge in [0.15, 0.2) is 0 Å². The maximum atomic E-state index is 12.8. The molecule has 0 aliphatic carbocycles. The molecule has 136 valence electrons. The predicted molar refractivity (Wildman–Crippen MR) is 93.3 cm³/mol. The lowest BCUT2D eigenvalue weighted by Crippen LogP contribution is -2.33. The summed E-state index contributed by atoms with van der Waals surface area (Å²) in [5.74, 6) is -0.715. The van der Waals surface area contributed by atoms with Gasteiger partial charge in [-0.15, -0.1) is 0 Å². The molecule has 8 nitrogen and oxygen atoms in total. The average Bonchev–Trinajstić information content (AvgIpc) is 2.65. The van der Waals surface area contributed by atoms with Crippen LogP contribution in [0.25, 0.3) is 0 Å². The molecule has 0 bridgehead atoms. The summed E-state index contributed by atoms with van der Waals surface area (Å²) >= 11 is 0. The number of non-ortho nitro benzene ring substituents is 1. The molecule has 0 aliphatic rings. The molecule has 0 atom stereocenters. The zero-order valence-corrected chi connectivity index (χ0v) is 14.3. The minimum atomic E-state index is -0.525. The molecule has 1 aromatic carbocycles. The number of hydrogen-bond donors (Lipinski definition) is 0. The minimum absolute atomic E-state index is 0.0623. The molecular formula is C18H19N3O5. The fourth-order valence-electron chi connectivity index (χ4n) is 2.33. The van der Waals surface area contributed by atoms with Crippen LogP contribution in [-0.4, -0.2) is 39.8 Å². The van der Waals surface area contributed by atoms with Crippen LogP contribution in [0.2, 0.25) is 0 Å². The van der Waals surface area contributed by atoms with Crippen LogP contribution in [0.5, 0.6) is 0 Å². The van der Waals surface area contributed by atoms with Crippen LogP contribution in [0.1, 0.15) is 29.3 Å². The minimum Gasteiger partial charge on any atom is -0.466 e. The number of esters is 1. The Balaban J connectivity index is 2.16. The molecule has 0 spiro atoms. The molecule has 0 aliphatic heterocycles. The number of amides is 1. The van der Waals surface area contributed by atoms with Gasteiger partial charge in [-0.2, -0.15) is 0 Å². The molecule has 0 saturated heterocycles. The van der Waals surface area contributed by atoms with Crippen LogP contribution in [0.4, 0.5) is 5.69 Å². The van der Waals surface area contributed by atoms with Gasteiger partial charge >= 0.3 is 5.97 Å². The number of aromatic nitrogens is 1. The Bertz CT molecular complexity index is 762. The van der Waals surface area contributed by atoms with Crippen LogP contribution in [0, 0.1) is 10.1 Å². The number of hydrogen-bond acceptors (Lipinski definition) is 6. The Morgan fingerprint density at radius 3 is 2.54 bits per heavy atom. The Labute approximate surface area is 150 Å². The van der Waals surface area contributed by atoms with E-state index in [2.05, 4.69) is 4.98 Å². The number of carbonyl (C=O) groups is 2.